The Balaban J connectivity index is 1.09. The van der Waals surface area contributed by atoms with E-state index in [1.165, 1.54) is 46.2 Å². The quantitative estimate of drug-likeness (QED) is 0.268. The Kier molecular flexibility index (Phi) is 10.9. The van der Waals surface area contributed by atoms with Crippen molar-refractivity contribution in [2.45, 2.75) is 118 Å². The summed E-state index contributed by atoms with van der Waals surface area (Å²) in [5, 5.41) is 8.57. The summed E-state index contributed by atoms with van der Waals surface area (Å²) < 4.78 is 34.6. The molecule has 5 atom stereocenters. The molecule has 0 aromatic heterocycles. The number of halogens is 1. The lowest BCUT2D eigenvalue weighted by Gasteiger charge is -2.34. The molecule has 0 bridgehead atoms. The smallest absolute Gasteiger partial charge is 0.408 e. The highest BCUT2D eigenvalue weighted by Gasteiger charge is 2.61. The van der Waals surface area contributed by atoms with Crippen LogP contribution in [0.2, 0.25) is 5.02 Å². The third-order valence-corrected chi connectivity index (χ3v) is 13.8. The molecular weight excluding hydrogens is 754 g/mol. The first-order chi connectivity index (χ1) is 27.0. The van der Waals surface area contributed by atoms with Crippen LogP contribution in [0.5, 0.6) is 0 Å². The van der Waals surface area contributed by atoms with Crippen molar-refractivity contribution >= 4 is 56.2 Å². The van der Waals surface area contributed by atoms with Crippen molar-refractivity contribution in [1.82, 2.24) is 25.2 Å². The van der Waals surface area contributed by atoms with Gasteiger partial charge < -0.3 is 20.3 Å². The van der Waals surface area contributed by atoms with Crippen LogP contribution in [-0.4, -0.2) is 78.3 Å². The number of alkyl carbamates (subject to hydrolysis) is 1. The summed E-state index contributed by atoms with van der Waals surface area (Å²) >= 11 is 5.98. The minimum absolute atomic E-state index is 0.137. The van der Waals surface area contributed by atoms with Crippen molar-refractivity contribution in [1.29, 1.82) is 0 Å². The van der Waals surface area contributed by atoms with Gasteiger partial charge in [0.1, 0.15) is 23.7 Å². The fraction of sp³-hybridized carbons (Fsp3) is 0.476. The predicted octanol–water partition coefficient (Wildman–Crippen LogP) is 5.72. The van der Waals surface area contributed by atoms with Crippen LogP contribution in [0.4, 0.5) is 4.79 Å². The predicted molar refractivity (Wildman–Crippen MR) is 211 cm³/mol. The fourth-order valence-corrected chi connectivity index (χ4v) is 10.3. The number of rotatable bonds is 6. The van der Waals surface area contributed by atoms with Crippen LogP contribution in [0.3, 0.4) is 0 Å². The number of amides is 4. The number of sulfonamides is 1. The maximum atomic E-state index is 14.7. The molecule has 4 unspecified atom stereocenters. The maximum Gasteiger partial charge on any atom is 0.408 e. The van der Waals surface area contributed by atoms with Crippen LogP contribution < -0.4 is 15.4 Å². The molecular formula is C42H48ClN5O7S. The second-order valence-corrected chi connectivity index (χ2v) is 18.1. The lowest BCUT2D eigenvalue weighted by Crippen LogP contribution is -2.58. The van der Waals surface area contributed by atoms with Crippen molar-refractivity contribution in [3.63, 3.8) is 0 Å². The fourth-order valence-electron chi connectivity index (χ4n) is 9.10. The van der Waals surface area contributed by atoms with Gasteiger partial charge >= 0.3 is 6.09 Å². The molecule has 2 aliphatic carbocycles. The number of fused-ring (bicyclic) bond motifs is 2. The summed E-state index contributed by atoms with van der Waals surface area (Å²) in [6, 6.07) is 15.9. The van der Waals surface area contributed by atoms with E-state index in [1.54, 1.807) is 4.90 Å². The van der Waals surface area contributed by atoms with Gasteiger partial charge in [0.05, 0.1) is 4.90 Å². The Hall–Kier alpha value is -4.46. The van der Waals surface area contributed by atoms with E-state index < -0.39 is 51.5 Å². The third-order valence-electron chi connectivity index (χ3n) is 12.2. The Morgan fingerprint density at radius 2 is 1.59 bits per heavy atom. The molecule has 14 heteroatoms. The van der Waals surface area contributed by atoms with Crippen LogP contribution in [0.15, 0.2) is 77.7 Å². The molecule has 3 N–H and O–H groups in total. The number of carbonyl (C=O) groups excluding carboxylic acids is 4. The van der Waals surface area contributed by atoms with E-state index in [4.69, 9.17) is 16.3 Å². The standard InChI is InChI=1S/C42H48ClN5O7S/c43-31-18-20-34(21-19-31)56(53,54)46-40(51)42-23-30(42)14-4-2-1-3-5-17-35(44-41(52)55-33-15-6-7-16-33)39(50)48-26-32(22-36(48)38(49)45-42)47-24-28-12-8-10-27-11-9-13-29(25-47)37(27)28/h4,8-14,18-21,30,32-33,35-36H,1-3,5-7,15-17,22-26H2,(H,44,52)(H,45,49)(H,46,51)/b14-4+/t30?,32-,35?,36?,42?/m1/s1. The largest absolute Gasteiger partial charge is 0.446 e. The van der Waals surface area contributed by atoms with Gasteiger partial charge in [0.2, 0.25) is 11.8 Å². The maximum absolute atomic E-state index is 14.7. The first-order valence-electron chi connectivity index (χ1n) is 19.8. The number of hydrogen-bond acceptors (Lipinski definition) is 8. The van der Waals surface area contributed by atoms with E-state index in [2.05, 4.69) is 44.5 Å². The molecule has 3 aliphatic heterocycles. The van der Waals surface area contributed by atoms with Gasteiger partial charge in [0.25, 0.3) is 15.9 Å². The van der Waals surface area contributed by atoms with Crippen LogP contribution in [0.1, 0.15) is 81.8 Å². The van der Waals surface area contributed by atoms with Crippen LogP contribution in [0, 0.1) is 5.92 Å². The van der Waals surface area contributed by atoms with Gasteiger partial charge in [-0.1, -0.05) is 73.0 Å². The van der Waals surface area contributed by atoms with Gasteiger partial charge in [0.15, 0.2) is 0 Å². The Labute approximate surface area is 332 Å². The number of hydrogen-bond donors (Lipinski definition) is 3. The number of nitrogens with one attached hydrogen (secondary N) is 3. The summed E-state index contributed by atoms with van der Waals surface area (Å²) in [5.41, 5.74) is 0.801. The molecule has 2 saturated carbocycles. The third kappa shape index (κ3) is 7.90. The molecule has 8 rings (SSSR count). The summed E-state index contributed by atoms with van der Waals surface area (Å²) in [4.78, 5) is 60.3. The zero-order valence-electron chi connectivity index (χ0n) is 31.3. The van der Waals surface area contributed by atoms with Gasteiger partial charge in [-0.15, -0.1) is 0 Å². The molecule has 0 spiro atoms. The Morgan fingerprint density at radius 3 is 2.30 bits per heavy atom. The van der Waals surface area contributed by atoms with Crippen molar-refractivity contribution in [2.24, 2.45) is 5.92 Å². The average molecular weight is 802 g/mol. The van der Waals surface area contributed by atoms with E-state index in [0.717, 1.165) is 38.5 Å². The summed E-state index contributed by atoms with van der Waals surface area (Å²) in [6.07, 6.45) is 10.4. The monoisotopic (exact) mass is 801 g/mol. The molecule has 12 nitrogen and oxygen atoms in total. The average Bonchev–Trinajstić information content (AvgIpc) is 3.46. The zero-order valence-corrected chi connectivity index (χ0v) is 32.8. The first-order valence-corrected chi connectivity index (χ1v) is 21.7. The molecule has 0 radical (unpaired) electrons. The highest BCUT2D eigenvalue weighted by Crippen LogP contribution is 2.46. The number of carbonyl (C=O) groups is 4. The van der Waals surface area contributed by atoms with Gasteiger partial charge in [-0.3, -0.25) is 19.3 Å². The normalized spacial score (nSPS) is 28.0. The van der Waals surface area contributed by atoms with Crippen molar-refractivity contribution in [3.05, 3.63) is 89.0 Å². The topological polar surface area (TPSA) is 154 Å². The Bertz CT molecular complexity index is 2120. The SMILES string of the molecule is O=C(NC1CCCCC/C=C/C2CC2(C(=O)NS(=O)(=O)c2ccc(Cl)cc2)NC(=O)C2C[C@@H](N3Cc4cccc5cccc(c45)C3)CN2C1=O)OC1CCCC1. The Morgan fingerprint density at radius 1 is 0.893 bits per heavy atom. The van der Waals surface area contributed by atoms with Crippen molar-refractivity contribution < 1.29 is 32.3 Å². The molecule has 3 aromatic carbocycles. The highest BCUT2D eigenvalue weighted by atomic mass is 35.5. The number of allylic oxidation sites excluding steroid dienone is 1. The number of nitrogens with zero attached hydrogens (tertiary/aromatic N) is 2. The van der Waals surface area contributed by atoms with E-state index in [0.29, 0.717) is 37.4 Å². The molecule has 3 aromatic rings. The van der Waals surface area contributed by atoms with E-state index >= 15 is 0 Å². The van der Waals surface area contributed by atoms with Crippen LogP contribution in [0.25, 0.3) is 10.8 Å². The van der Waals surface area contributed by atoms with Gasteiger partial charge in [-0.05, 0) is 104 Å². The lowest BCUT2D eigenvalue weighted by molar-refractivity contribution is -0.141. The molecule has 56 heavy (non-hydrogen) atoms. The summed E-state index contributed by atoms with van der Waals surface area (Å²) in [6.45, 7) is 1.50. The van der Waals surface area contributed by atoms with E-state index in [-0.39, 0.29) is 42.3 Å². The highest BCUT2D eigenvalue weighted by molar-refractivity contribution is 7.90. The van der Waals surface area contributed by atoms with Crippen molar-refractivity contribution in [2.75, 3.05) is 6.54 Å². The van der Waals surface area contributed by atoms with E-state index in [9.17, 15) is 27.6 Å². The van der Waals surface area contributed by atoms with Crippen LogP contribution in [-0.2, 0) is 42.2 Å². The molecule has 4 amide bonds. The second kappa shape index (κ2) is 15.8. The molecule has 296 valence electrons. The van der Waals surface area contributed by atoms with Gasteiger partial charge in [-0.25, -0.2) is 17.9 Å². The molecule has 3 heterocycles. The van der Waals surface area contributed by atoms with E-state index in [1.807, 2.05) is 24.3 Å². The van der Waals surface area contributed by atoms with Crippen molar-refractivity contribution in [3.8, 4) is 0 Å². The zero-order chi connectivity index (χ0) is 39.0. The first kappa shape index (κ1) is 38.4. The minimum atomic E-state index is -4.30. The van der Waals surface area contributed by atoms with Gasteiger partial charge in [-0.2, -0.15) is 0 Å². The molecule has 5 aliphatic rings. The molecule has 1 saturated heterocycles. The summed E-state index contributed by atoms with van der Waals surface area (Å²) in [5.74, 6) is -2.21. The summed E-state index contributed by atoms with van der Waals surface area (Å²) in [7, 11) is -4.30. The minimum Gasteiger partial charge on any atom is -0.446 e. The van der Waals surface area contributed by atoms with Crippen LogP contribution >= 0.6 is 11.6 Å². The number of benzene rings is 3. The lowest BCUT2D eigenvalue weighted by atomic mass is 9.94. The number of ether oxygens (including phenoxy) is 1. The molecule has 3 fully saturated rings. The van der Waals surface area contributed by atoms with Gasteiger partial charge in [0, 0.05) is 36.6 Å². The second-order valence-electron chi connectivity index (χ2n) is 16.0.